The van der Waals surface area contributed by atoms with Crippen molar-refractivity contribution < 1.29 is 13.6 Å². The van der Waals surface area contributed by atoms with Gasteiger partial charge in [-0.05, 0) is 26.0 Å². The van der Waals surface area contributed by atoms with E-state index >= 15 is 0 Å². The van der Waals surface area contributed by atoms with Gasteiger partial charge >= 0.3 is 0 Å². The lowest BCUT2D eigenvalue weighted by Crippen LogP contribution is -2.22. The molecule has 0 unspecified atom stereocenters. The third kappa shape index (κ3) is 4.26. The van der Waals surface area contributed by atoms with E-state index in [-0.39, 0.29) is 11.6 Å². The van der Waals surface area contributed by atoms with Gasteiger partial charge < -0.3 is 5.32 Å². The minimum atomic E-state index is -1.01. The molecule has 0 aliphatic carbocycles. The number of aryl methyl sites for hydroxylation is 1. The van der Waals surface area contributed by atoms with Gasteiger partial charge in [0, 0.05) is 17.3 Å². The van der Waals surface area contributed by atoms with Gasteiger partial charge in [0.2, 0.25) is 11.1 Å². The smallest absolute Gasteiger partial charge is 0.237 e. The lowest BCUT2D eigenvalue weighted by atomic mass is 10.1. The molecule has 5 nitrogen and oxygen atoms in total. The number of hydrogen-bond acceptors (Lipinski definition) is 4. The molecule has 8 heteroatoms. The van der Waals surface area contributed by atoms with E-state index in [0.717, 1.165) is 35.0 Å². The fourth-order valence-electron chi connectivity index (χ4n) is 2.17. The van der Waals surface area contributed by atoms with Crippen LogP contribution in [0.2, 0.25) is 0 Å². The number of nitrogens with zero attached hydrogens (tertiary/aromatic N) is 2. The van der Waals surface area contributed by atoms with E-state index < -0.39 is 16.9 Å². The molecule has 0 saturated heterocycles. The summed E-state index contributed by atoms with van der Waals surface area (Å²) in [4.78, 5) is 16.6. The van der Waals surface area contributed by atoms with Gasteiger partial charge in [-0.3, -0.25) is 9.89 Å². The highest BCUT2D eigenvalue weighted by atomic mass is 32.2. The van der Waals surface area contributed by atoms with Crippen molar-refractivity contribution >= 4 is 23.4 Å². The Morgan fingerprint density at radius 1 is 1.15 bits per heavy atom. The van der Waals surface area contributed by atoms with E-state index in [0.29, 0.717) is 11.0 Å². The van der Waals surface area contributed by atoms with Gasteiger partial charge in [0.05, 0.1) is 5.25 Å². The van der Waals surface area contributed by atoms with Crippen LogP contribution in [0.25, 0.3) is 11.4 Å². The van der Waals surface area contributed by atoms with Gasteiger partial charge in [0.25, 0.3) is 0 Å². The fourth-order valence-corrected chi connectivity index (χ4v) is 2.89. The number of aromatic nitrogens is 3. The third-order valence-electron chi connectivity index (χ3n) is 3.63. The summed E-state index contributed by atoms with van der Waals surface area (Å²) in [5, 5.41) is 9.40. The summed E-state index contributed by atoms with van der Waals surface area (Å²) < 4.78 is 26.1. The molecule has 1 heterocycles. The Hall–Kier alpha value is -2.74. The molecular weight excluding hydrogens is 358 g/mol. The molecule has 2 aromatic carbocycles. The van der Waals surface area contributed by atoms with E-state index in [2.05, 4.69) is 20.5 Å². The quantitative estimate of drug-likeness (QED) is 0.658. The van der Waals surface area contributed by atoms with Gasteiger partial charge in [-0.1, -0.05) is 41.6 Å². The molecule has 0 spiro atoms. The van der Waals surface area contributed by atoms with Gasteiger partial charge in [0.1, 0.15) is 0 Å². The molecule has 1 aromatic heterocycles. The largest absolute Gasteiger partial charge is 0.325 e. The van der Waals surface area contributed by atoms with Crippen molar-refractivity contribution in [2.45, 2.75) is 24.3 Å². The zero-order chi connectivity index (χ0) is 18.7. The zero-order valence-corrected chi connectivity index (χ0v) is 14.9. The highest BCUT2D eigenvalue weighted by Crippen LogP contribution is 2.24. The summed E-state index contributed by atoms with van der Waals surface area (Å²) in [6.07, 6.45) is 0. The molecule has 0 fully saturated rings. The van der Waals surface area contributed by atoms with Gasteiger partial charge in [-0.25, -0.2) is 13.8 Å². The van der Waals surface area contributed by atoms with Crippen LogP contribution in [0.5, 0.6) is 0 Å². The van der Waals surface area contributed by atoms with Crippen molar-refractivity contribution in [2.75, 3.05) is 5.32 Å². The van der Waals surface area contributed by atoms with Crippen LogP contribution in [-0.4, -0.2) is 26.3 Å². The molecule has 0 aliphatic rings. The third-order valence-corrected chi connectivity index (χ3v) is 4.59. The van der Waals surface area contributed by atoms with E-state index in [1.54, 1.807) is 6.92 Å². The maximum Gasteiger partial charge on any atom is 0.237 e. The highest BCUT2D eigenvalue weighted by molar-refractivity contribution is 8.00. The Kier molecular flexibility index (Phi) is 5.32. The summed E-state index contributed by atoms with van der Waals surface area (Å²) in [5.74, 6) is -1.72. The van der Waals surface area contributed by atoms with Crippen molar-refractivity contribution in [1.29, 1.82) is 0 Å². The predicted molar refractivity (Wildman–Crippen MR) is 96.9 cm³/mol. The number of carbonyl (C=O) groups excluding carboxylic acids is 1. The molecule has 26 heavy (non-hydrogen) atoms. The van der Waals surface area contributed by atoms with Crippen LogP contribution in [0.15, 0.2) is 47.6 Å². The zero-order valence-electron chi connectivity index (χ0n) is 14.1. The SMILES string of the molecule is Cc1ccc(-c2nc(S[C@@H](C)C(=O)Nc3ccc(F)c(F)c3)n[nH]2)cc1. The van der Waals surface area contributed by atoms with Crippen LogP contribution in [0.1, 0.15) is 12.5 Å². The molecule has 3 aromatic rings. The standard InChI is InChI=1S/C18H16F2N4OS/c1-10-3-5-12(6-4-10)16-22-18(24-23-16)26-11(2)17(25)21-13-7-8-14(19)15(20)9-13/h3-9,11H,1-2H3,(H,21,25)(H,22,23,24)/t11-/m0/s1. The molecule has 1 atom stereocenters. The average Bonchev–Trinajstić information content (AvgIpc) is 3.07. The van der Waals surface area contributed by atoms with Gasteiger partial charge in [-0.15, -0.1) is 5.10 Å². The Morgan fingerprint density at radius 2 is 1.88 bits per heavy atom. The maximum absolute atomic E-state index is 13.2. The van der Waals surface area contributed by atoms with Crippen molar-refractivity contribution in [3.05, 3.63) is 59.7 Å². The van der Waals surface area contributed by atoms with Crippen LogP contribution in [-0.2, 0) is 4.79 Å². The first kappa shape index (κ1) is 18.1. The Bertz CT molecular complexity index is 927. The van der Waals surface area contributed by atoms with Crippen molar-refractivity contribution in [2.24, 2.45) is 0 Å². The number of carbonyl (C=O) groups is 1. The number of rotatable bonds is 5. The Balaban J connectivity index is 1.64. The maximum atomic E-state index is 13.2. The lowest BCUT2D eigenvalue weighted by Gasteiger charge is -2.10. The predicted octanol–water partition coefficient (Wildman–Crippen LogP) is 4.18. The van der Waals surface area contributed by atoms with Crippen molar-refractivity contribution in [3.63, 3.8) is 0 Å². The minimum Gasteiger partial charge on any atom is -0.325 e. The first-order valence-corrected chi connectivity index (χ1v) is 8.72. The van der Waals surface area contributed by atoms with E-state index in [1.807, 2.05) is 31.2 Å². The molecule has 0 radical (unpaired) electrons. The number of anilines is 1. The van der Waals surface area contributed by atoms with E-state index in [9.17, 15) is 13.6 Å². The molecule has 134 valence electrons. The van der Waals surface area contributed by atoms with E-state index in [1.165, 1.54) is 6.07 Å². The van der Waals surface area contributed by atoms with Crippen LogP contribution in [0, 0.1) is 18.6 Å². The summed E-state index contributed by atoms with van der Waals surface area (Å²) in [7, 11) is 0. The van der Waals surface area contributed by atoms with Crippen molar-refractivity contribution in [3.8, 4) is 11.4 Å². The number of nitrogens with one attached hydrogen (secondary N) is 2. The van der Waals surface area contributed by atoms with Crippen molar-refractivity contribution in [1.82, 2.24) is 15.2 Å². The number of amides is 1. The topological polar surface area (TPSA) is 70.7 Å². The van der Waals surface area contributed by atoms with E-state index in [4.69, 9.17) is 0 Å². The number of hydrogen-bond donors (Lipinski definition) is 2. The number of halogens is 2. The number of aromatic amines is 1. The number of H-pyrrole nitrogens is 1. The number of thioether (sulfide) groups is 1. The average molecular weight is 374 g/mol. The first-order chi connectivity index (χ1) is 12.4. The van der Waals surface area contributed by atoms with Gasteiger partial charge in [-0.2, -0.15) is 0 Å². The van der Waals surface area contributed by atoms with Crippen LogP contribution in [0.3, 0.4) is 0 Å². The monoisotopic (exact) mass is 374 g/mol. The first-order valence-electron chi connectivity index (χ1n) is 7.84. The van der Waals surface area contributed by atoms with Crippen LogP contribution >= 0.6 is 11.8 Å². The summed E-state index contributed by atoms with van der Waals surface area (Å²) >= 11 is 1.16. The fraction of sp³-hybridized carbons (Fsp3) is 0.167. The molecule has 0 aliphatic heterocycles. The molecule has 1 amide bonds. The van der Waals surface area contributed by atoms with Crippen LogP contribution < -0.4 is 5.32 Å². The second-order valence-electron chi connectivity index (χ2n) is 5.71. The summed E-state index contributed by atoms with van der Waals surface area (Å²) in [6, 6.07) is 11.0. The molecule has 0 saturated carbocycles. The molecular formula is C18H16F2N4OS. The Morgan fingerprint density at radius 3 is 2.58 bits per heavy atom. The normalized spacial score (nSPS) is 12.0. The Labute approximate surface area is 153 Å². The summed E-state index contributed by atoms with van der Waals surface area (Å²) in [6.45, 7) is 3.68. The van der Waals surface area contributed by atoms with Gasteiger partial charge in [0.15, 0.2) is 17.5 Å². The number of benzene rings is 2. The second kappa shape index (κ2) is 7.65. The second-order valence-corrected chi connectivity index (χ2v) is 7.02. The minimum absolute atomic E-state index is 0.191. The van der Waals surface area contributed by atoms with Crippen LogP contribution in [0.4, 0.5) is 14.5 Å². The molecule has 0 bridgehead atoms. The molecule has 2 N–H and O–H groups in total. The summed E-state index contributed by atoms with van der Waals surface area (Å²) in [5.41, 5.74) is 2.23. The lowest BCUT2D eigenvalue weighted by molar-refractivity contribution is -0.115. The molecule has 3 rings (SSSR count). The highest BCUT2D eigenvalue weighted by Gasteiger charge is 2.18.